The van der Waals surface area contributed by atoms with E-state index in [2.05, 4.69) is 19.9 Å². The number of rotatable bonds is 3. The number of halogens is 7. The standard InChI is InChI=1S/C20H11ClF6N4O/c1-32-13-5-3-2-4-10(13)16-29-15(20(25,26)27)14-18(30-16)31-17(28-14)11-8-9(19(22,23)24)6-7-12(11)21/h2-8H,1H3,(H,28,29,30,31). The first kappa shape index (κ1) is 21.9. The zero-order valence-electron chi connectivity index (χ0n) is 15.9. The molecule has 0 aliphatic rings. The van der Waals surface area contributed by atoms with Gasteiger partial charge in [-0.3, -0.25) is 0 Å². The quantitative estimate of drug-likeness (QED) is 0.351. The number of hydrogen-bond acceptors (Lipinski definition) is 4. The van der Waals surface area contributed by atoms with Gasteiger partial charge in [-0.2, -0.15) is 26.3 Å². The normalized spacial score (nSPS) is 12.4. The second-order valence-electron chi connectivity index (χ2n) is 6.57. The van der Waals surface area contributed by atoms with Crippen LogP contribution >= 0.6 is 11.6 Å². The maximum atomic E-state index is 13.8. The highest BCUT2D eigenvalue weighted by molar-refractivity contribution is 6.33. The summed E-state index contributed by atoms with van der Waals surface area (Å²) in [6.07, 6.45) is -9.58. The highest BCUT2D eigenvalue weighted by Gasteiger charge is 2.38. The van der Waals surface area contributed by atoms with E-state index in [1.807, 2.05) is 0 Å². The number of aromatic nitrogens is 4. The summed E-state index contributed by atoms with van der Waals surface area (Å²) >= 11 is 6.00. The maximum Gasteiger partial charge on any atom is 0.435 e. The van der Waals surface area contributed by atoms with Gasteiger partial charge in [0.25, 0.3) is 0 Å². The Morgan fingerprint density at radius 1 is 0.875 bits per heavy atom. The van der Waals surface area contributed by atoms with Gasteiger partial charge in [0.05, 0.1) is 23.3 Å². The van der Waals surface area contributed by atoms with Crippen LogP contribution in [0.4, 0.5) is 26.3 Å². The van der Waals surface area contributed by atoms with Crippen molar-refractivity contribution in [2.24, 2.45) is 0 Å². The Labute approximate surface area is 181 Å². The number of alkyl halides is 6. The molecule has 166 valence electrons. The van der Waals surface area contributed by atoms with Gasteiger partial charge in [-0.25, -0.2) is 15.0 Å². The van der Waals surface area contributed by atoms with Crippen molar-refractivity contribution in [2.45, 2.75) is 12.4 Å². The molecule has 0 fully saturated rings. The van der Waals surface area contributed by atoms with Crippen LogP contribution in [0.5, 0.6) is 5.75 Å². The summed E-state index contributed by atoms with van der Waals surface area (Å²) < 4.78 is 85.7. The molecule has 32 heavy (non-hydrogen) atoms. The first-order valence-corrected chi connectivity index (χ1v) is 9.22. The lowest BCUT2D eigenvalue weighted by Crippen LogP contribution is -2.11. The smallest absolute Gasteiger partial charge is 0.435 e. The number of H-pyrrole nitrogens is 1. The van der Waals surface area contributed by atoms with Crippen LogP contribution in [-0.4, -0.2) is 27.0 Å². The number of imidazole rings is 1. The van der Waals surface area contributed by atoms with Gasteiger partial charge in [-0.05, 0) is 30.3 Å². The lowest BCUT2D eigenvalue weighted by atomic mass is 10.1. The average Bonchev–Trinajstić information content (AvgIpc) is 3.15. The van der Waals surface area contributed by atoms with Crippen LogP contribution in [0.2, 0.25) is 5.02 Å². The predicted molar refractivity (Wildman–Crippen MR) is 104 cm³/mol. The first-order valence-electron chi connectivity index (χ1n) is 8.84. The molecule has 12 heteroatoms. The van der Waals surface area contributed by atoms with Crippen molar-refractivity contribution in [3.8, 4) is 28.5 Å². The molecule has 1 N–H and O–H groups in total. The fourth-order valence-electron chi connectivity index (χ4n) is 3.06. The van der Waals surface area contributed by atoms with E-state index in [-0.39, 0.29) is 33.5 Å². The second kappa shape index (κ2) is 7.66. The van der Waals surface area contributed by atoms with E-state index in [0.29, 0.717) is 6.07 Å². The molecular weight excluding hydrogens is 462 g/mol. The minimum absolute atomic E-state index is 0.136. The fourth-order valence-corrected chi connectivity index (χ4v) is 3.27. The predicted octanol–water partition coefficient (Wildman–Crippen LogP) is 6.39. The third-order valence-electron chi connectivity index (χ3n) is 4.52. The van der Waals surface area contributed by atoms with E-state index in [9.17, 15) is 26.3 Å². The number of para-hydroxylation sites is 1. The summed E-state index contributed by atoms with van der Waals surface area (Å²) in [7, 11) is 1.34. The van der Waals surface area contributed by atoms with Crippen molar-refractivity contribution in [3.05, 3.63) is 58.7 Å². The molecule has 5 nitrogen and oxygen atoms in total. The first-order chi connectivity index (χ1) is 15.0. The van der Waals surface area contributed by atoms with Gasteiger partial charge in [0.2, 0.25) is 0 Å². The molecule has 0 bridgehead atoms. The molecule has 2 aromatic heterocycles. The van der Waals surface area contributed by atoms with E-state index < -0.39 is 34.8 Å². The topological polar surface area (TPSA) is 63.7 Å². The van der Waals surface area contributed by atoms with Crippen molar-refractivity contribution in [1.29, 1.82) is 0 Å². The number of hydrogen-bond donors (Lipinski definition) is 1. The van der Waals surface area contributed by atoms with Gasteiger partial charge in [0.15, 0.2) is 17.2 Å². The lowest BCUT2D eigenvalue weighted by Gasteiger charge is -2.10. The second-order valence-corrected chi connectivity index (χ2v) is 6.98. The Kier molecular flexibility index (Phi) is 5.24. The Hall–Kier alpha value is -3.34. The number of nitrogens with one attached hydrogen (secondary N) is 1. The molecule has 0 aliphatic carbocycles. The van der Waals surface area contributed by atoms with Crippen molar-refractivity contribution in [2.75, 3.05) is 7.11 Å². The average molecular weight is 473 g/mol. The summed E-state index contributed by atoms with van der Waals surface area (Å²) in [6.45, 7) is 0. The SMILES string of the molecule is COc1ccccc1-c1nc(C(F)(F)F)c2[nH]c(-c3cc(C(F)(F)F)ccc3Cl)nc2n1. The number of ether oxygens (including phenoxy) is 1. The highest BCUT2D eigenvalue weighted by atomic mass is 35.5. The Balaban J connectivity index is 1.97. The van der Waals surface area contributed by atoms with E-state index in [1.54, 1.807) is 12.1 Å². The van der Waals surface area contributed by atoms with Gasteiger partial charge >= 0.3 is 12.4 Å². The van der Waals surface area contributed by atoms with E-state index >= 15 is 0 Å². The van der Waals surface area contributed by atoms with Crippen LogP contribution in [0.25, 0.3) is 33.9 Å². The van der Waals surface area contributed by atoms with Crippen molar-refractivity contribution >= 4 is 22.8 Å². The van der Waals surface area contributed by atoms with Crippen LogP contribution < -0.4 is 4.74 Å². The summed E-state index contributed by atoms with van der Waals surface area (Å²) in [4.78, 5) is 14.1. The van der Waals surface area contributed by atoms with Crippen molar-refractivity contribution in [1.82, 2.24) is 19.9 Å². The van der Waals surface area contributed by atoms with E-state index in [4.69, 9.17) is 16.3 Å². The lowest BCUT2D eigenvalue weighted by molar-refractivity contribution is -0.140. The molecule has 2 aromatic carbocycles. The van der Waals surface area contributed by atoms with E-state index in [1.165, 1.54) is 19.2 Å². The summed E-state index contributed by atoms with van der Waals surface area (Å²) in [5.74, 6) is -0.389. The molecule has 4 rings (SSSR count). The van der Waals surface area contributed by atoms with Crippen LogP contribution in [0.3, 0.4) is 0 Å². The summed E-state index contributed by atoms with van der Waals surface area (Å²) in [6, 6.07) is 8.62. The van der Waals surface area contributed by atoms with Crippen LogP contribution in [0, 0.1) is 0 Å². The van der Waals surface area contributed by atoms with E-state index in [0.717, 1.165) is 12.1 Å². The van der Waals surface area contributed by atoms with Gasteiger partial charge in [-0.15, -0.1) is 0 Å². The third kappa shape index (κ3) is 3.95. The monoisotopic (exact) mass is 472 g/mol. The summed E-state index contributed by atoms with van der Waals surface area (Å²) in [5, 5.41) is -0.136. The third-order valence-corrected chi connectivity index (χ3v) is 4.85. The fraction of sp³-hybridized carbons (Fsp3) is 0.150. The molecule has 0 radical (unpaired) electrons. The van der Waals surface area contributed by atoms with Gasteiger partial charge in [0.1, 0.15) is 17.1 Å². The number of methoxy groups -OCH3 is 1. The molecule has 0 aliphatic heterocycles. The molecule has 2 heterocycles. The molecular formula is C20H11ClF6N4O. The molecule has 4 aromatic rings. The molecule has 0 spiro atoms. The van der Waals surface area contributed by atoms with Gasteiger partial charge in [-0.1, -0.05) is 23.7 Å². The van der Waals surface area contributed by atoms with Crippen LogP contribution in [0.1, 0.15) is 11.3 Å². The van der Waals surface area contributed by atoms with Crippen LogP contribution in [0.15, 0.2) is 42.5 Å². The molecule has 0 saturated heterocycles. The highest BCUT2D eigenvalue weighted by Crippen LogP contribution is 2.38. The Morgan fingerprint density at radius 3 is 2.25 bits per heavy atom. The molecule has 0 saturated carbocycles. The van der Waals surface area contributed by atoms with Gasteiger partial charge in [0, 0.05) is 5.56 Å². The summed E-state index contributed by atoms with van der Waals surface area (Å²) in [5.41, 5.74) is -3.38. The zero-order valence-corrected chi connectivity index (χ0v) is 16.7. The molecule has 0 unspecified atom stereocenters. The minimum atomic E-state index is -4.90. The van der Waals surface area contributed by atoms with Crippen molar-refractivity contribution in [3.63, 3.8) is 0 Å². The minimum Gasteiger partial charge on any atom is -0.496 e. The number of nitrogens with zero attached hydrogens (tertiary/aromatic N) is 3. The van der Waals surface area contributed by atoms with Crippen molar-refractivity contribution < 1.29 is 31.1 Å². The largest absolute Gasteiger partial charge is 0.496 e. The zero-order chi connectivity index (χ0) is 23.3. The maximum absolute atomic E-state index is 13.8. The molecule has 0 amide bonds. The number of benzene rings is 2. The Morgan fingerprint density at radius 2 is 1.59 bits per heavy atom. The number of fused-ring (bicyclic) bond motifs is 1. The number of aromatic amines is 1. The van der Waals surface area contributed by atoms with Crippen LogP contribution in [-0.2, 0) is 12.4 Å². The molecule has 0 atom stereocenters. The Bertz CT molecular complexity index is 1320. The van der Waals surface area contributed by atoms with Gasteiger partial charge < -0.3 is 9.72 Å².